The lowest BCUT2D eigenvalue weighted by atomic mass is 9.88. The number of hydrogen-bond acceptors (Lipinski definition) is 4. The molecule has 21 heavy (non-hydrogen) atoms. The molecule has 6 heteroatoms. The highest BCUT2D eigenvalue weighted by molar-refractivity contribution is 5.85. The van der Waals surface area contributed by atoms with Gasteiger partial charge in [0.1, 0.15) is 5.60 Å². The Kier molecular flexibility index (Phi) is 3.99. The van der Waals surface area contributed by atoms with Gasteiger partial charge in [0.15, 0.2) is 0 Å². The van der Waals surface area contributed by atoms with Crippen LogP contribution in [-0.2, 0) is 23.0 Å². The molecule has 116 valence electrons. The highest BCUT2D eigenvalue weighted by atomic mass is 16.5. The zero-order valence-corrected chi connectivity index (χ0v) is 12.8. The molecule has 1 aliphatic heterocycles. The van der Waals surface area contributed by atoms with E-state index in [1.807, 2.05) is 17.9 Å². The summed E-state index contributed by atoms with van der Waals surface area (Å²) in [4.78, 5) is 12.7. The molecule has 0 radical (unpaired) electrons. The third kappa shape index (κ3) is 2.58. The van der Waals surface area contributed by atoms with E-state index in [4.69, 9.17) is 4.74 Å². The lowest BCUT2D eigenvalue weighted by molar-refractivity contribution is -0.147. The Hall–Kier alpha value is -1.40. The molecular weight excluding hydrogens is 268 g/mol. The van der Waals surface area contributed by atoms with Crippen molar-refractivity contribution in [3.05, 3.63) is 17.5 Å². The lowest BCUT2D eigenvalue weighted by Crippen LogP contribution is -2.54. The van der Waals surface area contributed by atoms with Crippen molar-refractivity contribution >= 4 is 5.91 Å². The molecule has 1 aromatic rings. The van der Waals surface area contributed by atoms with Crippen molar-refractivity contribution in [3.8, 4) is 0 Å². The first-order valence-electron chi connectivity index (χ1n) is 7.74. The number of nitrogens with zero attached hydrogens (tertiary/aromatic N) is 2. The summed E-state index contributed by atoms with van der Waals surface area (Å²) in [6.45, 7) is 1.65. The van der Waals surface area contributed by atoms with Crippen LogP contribution in [0, 0.1) is 0 Å². The molecule has 1 aliphatic carbocycles. The molecule has 1 saturated heterocycles. The highest BCUT2D eigenvalue weighted by Gasteiger charge is 2.41. The number of methoxy groups -OCH3 is 1. The molecule has 3 rings (SSSR count). The quantitative estimate of drug-likeness (QED) is 0.860. The van der Waals surface area contributed by atoms with Crippen molar-refractivity contribution in [2.45, 2.75) is 43.7 Å². The van der Waals surface area contributed by atoms with Crippen LogP contribution >= 0.6 is 0 Å². The number of fused-ring (bicyclic) bond motifs is 1. The molecule has 1 fully saturated rings. The van der Waals surface area contributed by atoms with Crippen LogP contribution in [0.15, 0.2) is 6.20 Å². The zero-order chi connectivity index (χ0) is 14.9. The van der Waals surface area contributed by atoms with Crippen LogP contribution in [0.25, 0.3) is 0 Å². The van der Waals surface area contributed by atoms with Gasteiger partial charge in [-0.1, -0.05) is 0 Å². The predicted molar refractivity (Wildman–Crippen MR) is 78.9 cm³/mol. The number of aryl methyl sites for hydroxylation is 1. The predicted octanol–water partition coefficient (Wildman–Crippen LogP) is 0.682. The molecule has 6 nitrogen and oxygen atoms in total. The standard InChI is InChI=1S/C15H24N4O2/c1-19-13-5-3-4-12(11(13)10-17-19)18-14(20)15(21-2)6-8-16-9-7-15/h10,12,16H,3-9H2,1-2H3,(H,18,20). The zero-order valence-electron chi connectivity index (χ0n) is 12.8. The van der Waals surface area contributed by atoms with E-state index < -0.39 is 5.60 Å². The first-order chi connectivity index (χ1) is 10.2. The largest absolute Gasteiger partial charge is 0.368 e. The number of carbonyl (C=O) groups is 1. The van der Waals surface area contributed by atoms with E-state index in [9.17, 15) is 4.79 Å². The second kappa shape index (κ2) is 5.77. The smallest absolute Gasteiger partial charge is 0.252 e. The molecule has 1 unspecified atom stereocenters. The number of hydrogen-bond donors (Lipinski definition) is 2. The fraction of sp³-hybridized carbons (Fsp3) is 0.733. The molecule has 0 bridgehead atoms. The topological polar surface area (TPSA) is 68.2 Å². The number of amides is 1. The van der Waals surface area contributed by atoms with E-state index in [-0.39, 0.29) is 11.9 Å². The number of carbonyl (C=O) groups excluding carboxylic acids is 1. The number of piperidine rings is 1. The maximum atomic E-state index is 12.7. The summed E-state index contributed by atoms with van der Waals surface area (Å²) >= 11 is 0. The fourth-order valence-electron chi connectivity index (χ4n) is 3.50. The molecular formula is C15H24N4O2. The Morgan fingerprint density at radius 3 is 3.00 bits per heavy atom. The Morgan fingerprint density at radius 2 is 2.29 bits per heavy atom. The summed E-state index contributed by atoms with van der Waals surface area (Å²) in [5.74, 6) is 0.0215. The summed E-state index contributed by atoms with van der Waals surface area (Å²) in [5.41, 5.74) is 1.73. The van der Waals surface area contributed by atoms with Crippen molar-refractivity contribution in [3.63, 3.8) is 0 Å². The van der Waals surface area contributed by atoms with Gasteiger partial charge in [-0.15, -0.1) is 0 Å². The Bertz CT molecular complexity index is 520. The van der Waals surface area contributed by atoms with Gasteiger partial charge in [0.25, 0.3) is 5.91 Å². The van der Waals surface area contributed by atoms with Crippen molar-refractivity contribution in [1.82, 2.24) is 20.4 Å². The molecule has 0 spiro atoms. The normalized spacial score (nSPS) is 24.4. The van der Waals surface area contributed by atoms with Crippen LogP contribution < -0.4 is 10.6 Å². The van der Waals surface area contributed by atoms with Gasteiger partial charge in [-0.3, -0.25) is 9.48 Å². The SMILES string of the molecule is COC1(C(=O)NC2CCCc3c2cnn3C)CCNCC1. The van der Waals surface area contributed by atoms with Crippen LogP contribution in [0.1, 0.15) is 43.0 Å². The highest BCUT2D eigenvalue weighted by Crippen LogP contribution is 2.31. The monoisotopic (exact) mass is 292 g/mol. The third-order valence-corrected chi connectivity index (χ3v) is 4.90. The van der Waals surface area contributed by atoms with Gasteiger partial charge in [0.05, 0.1) is 12.2 Å². The van der Waals surface area contributed by atoms with Crippen LogP contribution in [-0.4, -0.2) is 41.5 Å². The van der Waals surface area contributed by atoms with E-state index in [0.717, 1.165) is 50.8 Å². The van der Waals surface area contributed by atoms with Crippen LogP contribution in [0.2, 0.25) is 0 Å². The van der Waals surface area contributed by atoms with Gasteiger partial charge in [-0.2, -0.15) is 5.10 Å². The van der Waals surface area contributed by atoms with E-state index in [1.54, 1.807) is 7.11 Å². The maximum Gasteiger partial charge on any atom is 0.252 e. The lowest BCUT2D eigenvalue weighted by Gasteiger charge is -2.36. The van der Waals surface area contributed by atoms with Crippen molar-refractivity contribution in [2.24, 2.45) is 7.05 Å². The molecule has 1 aromatic heterocycles. The van der Waals surface area contributed by atoms with E-state index in [0.29, 0.717) is 0 Å². The molecule has 1 amide bonds. The van der Waals surface area contributed by atoms with E-state index in [1.165, 1.54) is 5.69 Å². The average molecular weight is 292 g/mol. The van der Waals surface area contributed by atoms with Crippen molar-refractivity contribution < 1.29 is 9.53 Å². The summed E-state index contributed by atoms with van der Waals surface area (Å²) in [6, 6.07) is 0.0665. The molecule has 1 atom stereocenters. The molecule has 2 N–H and O–H groups in total. The summed E-state index contributed by atoms with van der Waals surface area (Å²) < 4.78 is 7.52. The Balaban J connectivity index is 1.76. The Labute approximate surface area is 125 Å². The number of nitrogens with one attached hydrogen (secondary N) is 2. The van der Waals surface area contributed by atoms with Crippen LogP contribution in [0.5, 0.6) is 0 Å². The number of aromatic nitrogens is 2. The minimum atomic E-state index is -0.676. The van der Waals surface area contributed by atoms with Gasteiger partial charge in [-0.05, 0) is 45.2 Å². The molecule has 2 heterocycles. The van der Waals surface area contributed by atoms with Crippen molar-refractivity contribution in [1.29, 1.82) is 0 Å². The van der Waals surface area contributed by atoms with Gasteiger partial charge < -0.3 is 15.4 Å². The first-order valence-corrected chi connectivity index (χ1v) is 7.74. The van der Waals surface area contributed by atoms with Gasteiger partial charge in [-0.25, -0.2) is 0 Å². The van der Waals surface area contributed by atoms with Gasteiger partial charge >= 0.3 is 0 Å². The van der Waals surface area contributed by atoms with E-state index >= 15 is 0 Å². The second-order valence-corrected chi connectivity index (χ2v) is 6.04. The number of rotatable bonds is 3. The summed E-state index contributed by atoms with van der Waals surface area (Å²) in [5, 5.41) is 10.8. The number of ether oxygens (including phenoxy) is 1. The Morgan fingerprint density at radius 1 is 1.52 bits per heavy atom. The van der Waals surface area contributed by atoms with Crippen LogP contribution in [0.3, 0.4) is 0 Å². The van der Waals surface area contributed by atoms with E-state index in [2.05, 4.69) is 15.7 Å². The average Bonchev–Trinajstić information content (AvgIpc) is 2.90. The van der Waals surface area contributed by atoms with Gasteiger partial charge in [0, 0.05) is 25.4 Å². The van der Waals surface area contributed by atoms with Crippen molar-refractivity contribution in [2.75, 3.05) is 20.2 Å². The summed E-state index contributed by atoms with van der Waals surface area (Å²) in [6.07, 6.45) is 6.43. The van der Waals surface area contributed by atoms with Gasteiger partial charge in [0.2, 0.25) is 0 Å². The molecule has 2 aliphatic rings. The minimum Gasteiger partial charge on any atom is -0.368 e. The second-order valence-electron chi connectivity index (χ2n) is 6.04. The maximum absolute atomic E-state index is 12.7. The fourth-order valence-corrected chi connectivity index (χ4v) is 3.50. The molecule has 0 saturated carbocycles. The van der Waals surface area contributed by atoms with Crippen LogP contribution in [0.4, 0.5) is 0 Å². The third-order valence-electron chi connectivity index (χ3n) is 4.90. The minimum absolute atomic E-state index is 0.0215. The summed E-state index contributed by atoms with van der Waals surface area (Å²) in [7, 11) is 3.60. The first kappa shape index (κ1) is 14.5. The molecule has 0 aromatic carbocycles.